The first-order chi connectivity index (χ1) is 13.6. The Morgan fingerprint density at radius 2 is 1.93 bits per heavy atom. The highest BCUT2D eigenvalue weighted by Gasteiger charge is 2.52. The van der Waals surface area contributed by atoms with E-state index in [1.54, 1.807) is 0 Å². The molecule has 3 unspecified atom stereocenters. The number of benzene rings is 1. The number of fused-ring (bicyclic) bond motifs is 2. The third-order valence-corrected chi connectivity index (χ3v) is 7.51. The molecule has 1 spiro atoms. The Balaban J connectivity index is 1.41. The summed E-state index contributed by atoms with van der Waals surface area (Å²) >= 11 is 0. The highest BCUT2D eigenvalue weighted by atomic mass is 16.2. The SMILES string of the molecule is NC1CCCC2CN(CC(=O)N3c4ccccc4NC(=O)C34CCCC4)CC12. The molecule has 6 heteroatoms. The maximum atomic E-state index is 13.6. The highest BCUT2D eigenvalue weighted by molar-refractivity contribution is 6.15. The average Bonchev–Trinajstić information content (AvgIpc) is 3.31. The van der Waals surface area contributed by atoms with Gasteiger partial charge in [0.15, 0.2) is 0 Å². The minimum atomic E-state index is -0.714. The van der Waals surface area contributed by atoms with Gasteiger partial charge in [0, 0.05) is 19.1 Å². The van der Waals surface area contributed by atoms with Crippen LogP contribution in [0, 0.1) is 11.8 Å². The Morgan fingerprint density at radius 3 is 2.71 bits per heavy atom. The number of nitrogens with two attached hydrogens (primary N) is 1. The van der Waals surface area contributed by atoms with Gasteiger partial charge in [-0.15, -0.1) is 0 Å². The molecule has 3 fully saturated rings. The lowest BCUT2D eigenvalue weighted by atomic mass is 9.78. The number of nitrogens with one attached hydrogen (secondary N) is 1. The van der Waals surface area contributed by atoms with Gasteiger partial charge < -0.3 is 11.1 Å². The Morgan fingerprint density at radius 1 is 1.14 bits per heavy atom. The van der Waals surface area contributed by atoms with Gasteiger partial charge in [0.25, 0.3) is 5.91 Å². The number of carbonyl (C=O) groups excluding carboxylic acids is 2. The molecule has 0 radical (unpaired) electrons. The van der Waals surface area contributed by atoms with Crippen molar-refractivity contribution < 1.29 is 9.59 Å². The van der Waals surface area contributed by atoms with Crippen molar-refractivity contribution in [2.24, 2.45) is 17.6 Å². The molecule has 2 aliphatic carbocycles. The summed E-state index contributed by atoms with van der Waals surface area (Å²) in [6, 6.07) is 7.97. The monoisotopic (exact) mass is 382 g/mol. The second kappa shape index (κ2) is 6.85. The zero-order chi connectivity index (χ0) is 19.3. The van der Waals surface area contributed by atoms with Crippen LogP contribution in [0.15, 0.2) is 24.3 Å². The summed E-state index contributed by atoms with van der Waals surface area (Å²) in [4.78, 5) is 30.8. The molecule has 1 aromatic rings. The third kappa shape index (κ3) is 2.77. The Hall–Kier alpha value is -1.92. The van der Waals surface area contributed by atoms with Gasteiger partial charge in [-0.1, -0.05) is 31.4 Å². The Kier molecular flexibility index (Phi) is 4.43. The van der Waals surface area contributed by atoms with Crippen LogP contribution in [-0.4, -0.2) is 47.9 Å². The minimum absolute atomic E-state index is 0.0193. The van der Waals surface area contributed by atoms with E-state index in [-0.39, 0.29) is 17.9 Å². The van der Waals surface area contributed by atoms with Gasteiger partial charge in [0.1, 0.15) is 5.54 Å². The summed E-state index contributed by atoms with van der Waals surface area (Å²) in [5, 5.41) is 3.05. The largest absolute Gasteiger partial charge is 0.327 e. The number of amides is 2. The fraction of sp³-hybridized carbons (Fsp3) is 0.636. The predicted molar refractivity (Wildman–Crippen MR) is 109 cm³/mol. The van der Waals surface area contributed by atoms with E-state index >= 15 is 0 Å². The summed E-state index contributed by atoms with van der Waals surface area (Å²) in [7, 11) is 0. The van der Waals surface area contributed by atoms with E-state index < -0.39 is 5.54 Å². The molecule has 2 saturated carbocycles. The van der Waals surface area contributed by atoms with Crippen molar-refractivity contribution in [2.75, 3.05) is 29.9 Å². The van der Waals surface area contributed by atoms with Crippen LogP contribution < -0.4 is 16.0 Å². The van der Waals surface area contributed by atoms with Gasteiger partial charge in [-0.3, -0.25) is 19.4 Å². The summed E-state index contributed by atoms with van der Waals surface area (Å²) in [5.74, 6) is 1.17. The second-order valence-corrected chi connectivity index (χ2v) is 9.15. The maximum absolute atomic E-state index is 13.6. The number of hydrogen-bond donors (Lipinski definition) is 2. The number of likely N-dealkylation sites (tertiary alicyclic amines) is 1. The molecule has 0 aromatic heterocycles. The van der Waals surface area contributed by atoms with E-state index in [0.29, 0.717) is 18.4 Å². The van der Waals surface area contributed by atoms with Crippen molar-refractivity contribution >= 4 is 23.2 Å². The van der Waals surface area contributed by atoms with Crippen molar-refractivity contribution in [3.63, 3.8) is 0 Å². The molecule has 5 rings (SSSR count). The number of carbonyl (C=O) groups is 2. The number of nitrogens with zero attached hydrogens (tertiary/aromatic N) is 2. The van der Waals surface area contributed by atoms with Gasteiger partial charge in [-0.2, -0.15) is 0 Å². The van der Waals surface area contributed by atoms with Gasteiger partial charge in [-0.05, 0) is 49.7 Å². The average molecular weight is 383 g/mol. The molecule has 1 saturated heterocycles. The van der Waals surface area contributed by atoms with Crippen LogP contribution in [0.1, 0.15) is 44.9 Å². The van der Waals surface area contributed by atoms with Crippen LogP contribution in [0.4, 0.5) is 11.4 Å². The molecule has 2 aliphatic heterocycles. The number of para-hydroxylation sites is 2. The van der Waals surface area contributed by atoms with Crippen LogP contribution in [0.25, 0.3) is 0 Å². The molecule has 150 valence electrons. The fourth-order valence-electron chi connectivity index (χ4n) is 6.13. The zero-order valence-electron chi connectivity index (χ0n) is 16.4. The van der Waals surface area contributed by atoms with Crippen molar-refractivity contribution in [1.82, 2.24) is 4.90 Å². The van der Waals surface area contributed by atoms with Crippen molar-refractivity contribution in [1.29, 1.82) is 0 Å². The summed E-state index contributed by atoms with van der Waals surface area (Å²) in [6.45, 7) is 2.24. The molecule has 4 aliphatic rings. The quantitative estimate of drug-likeness (QED) is 0.823. The fourth-order valence-corrected chi connectivity index (χ4v) is 6.13. The van der Waals surface area contributed by atoms with Crippen molar-refractivity contribution in [3.8, 4) is 0 Å². The third-order valence-electron chi connectivity index (χ3n) is 7.51. The normalized spacial score (nSPS) is 31.5. The first-order valence-electron chi connectivity index (χ1n) is 10.8. The molecule has 3 N–H and O–H groups in total. The lowest BCUT2D eigenvalue weighted by Crippen LogP contribution is -2.62. The Bertz CT molecular complexity index is 788. The first kappa shape index (κ1) is 18.1. The van der Waals surface area contributed by atoms with Crippen molar-refractivity contribution in [2.45, 2.75) is 56.5 Å². The lowest BCUT2D eigenvalue weighted by Gasteiger charge is -2.44. The van der Waals surface area contributed by atoms with E-state index in [4.69, 9.17) is 5.73 Å². The molecular weight excluding hydrogens is 352 g/mol. The summed E-state index contributed by atoms with van der Waals surface area (Å²) in [6.07, 6.45) is 6.99. The number of hydrogen-bond acceptors (Lipinski definition) is 4. The van der Waals surface area contributed by atoms with Crippen LogP contribution in [-0.2, 0) is 9.59 Å². The van der Waals surface area contributed by atoms with Gasteiger partial charge in [0.2, 0.25) is 5.91 Å². The molecule has 2 heterocycles. The zero-order valence-corrected chi connectivity index (χ0v) is 16.4. The molecule has 3 atom stereocenters. The summed E-state index contributed by atoms with van der Waals surface area (Å²) < 4.78 is 0. The number of rotatable bonds is 2. The van der Waals surface area contributed by atoms with E-state index in [2.05, 4.69) is 10.2 Å². The molecule has 0 bridgehead atoms. The van der Waals surface area contributed by atoms with Gasteiger partial charge >= 0.3 is 0 Å². The van der Waals surface area contributed by atoms with Gasteiger partial charge in [0.05, 0.1) is 17.9 Å². The lowest BCUT2D eigenvalue weighted by molar-refractivity contribution is -0.127. The van der Waals surface area contributed by atoms with E-state index in [9.17, 15) is 9.59 Å². The predicted octanol–water partition coefficient (Wildman–Crippen LogP) is 2.34. The minimum Gasteiger partial charge on any atom is -0.327 e. The molecule has 6 nitrogen and oxygen atoms in total. The molecule has 1 aromatic carbocycles. The molecule has 28 heavy (non-hydrogen) atoms. The van der Waals surface area contributed by atoms with E-state index in [1.807, 2.05) is 29.2 Å². The smallest absolute Gasteiger partial charge is 0.250 e. The maximum Gasteiger partial charge on any atom is 0.250 e. The summed E-state index contributed by atoms with van der Waals surface area (Å²) in [5.41, 5.74) is 7.24. The van der Waals surface area contributed by atoms with Crippen LogP contribution in [0.5, 0.6) is 0 Å². The van der Waals surface area contributed by atoms with Crippen molar-refractivity contribution in [3.05, 3.63) is 24.3 Å². The second-order valence-electron chi connectivity index (χ2n) is 9.15. The van der Waals surface area contributed by atoms with Crippen LogP contribution in [0.2, 0.25) is 0 Å². The molecular formula is C22H30N4O2. The van der Waals surface area contributed by atoms with Crippen LogP contribution >= 0.6 is 0 Å². The molecule has 2 amide bonds. The van der Waals surface area contributed by atoms with Gasteiger partial charge in [-0.25, -0.2) is 0 Å². The highest BCUT2D eigenvalue weighted by Crippen LogP contribution is 2.45. The topological polar surface area (TPSA) is 78.7 Å². The first-order valence-corrected chi connectivity index (χ1v) is 10.8. The van der Waals surface area contributed by atoms with E-state index in [1.165, 1.54) is 12.8 Å². The Labute approximate surface area is 166 Å². The standard InChI is InChI=1S/C22H30N4O2/c23-17-7-5-6-15-12-25(13-16(15)17)14-20(27)26-19-9-2-1-8-18(19)24-21(28)22(26)10-3-4-11-22/h1-2,8-9,15-17H,3-7,10-14,23H2,(H,24,28). The van der Waals surface area contributed by atoms with Crippen LogP contribution in [0.3, 0.4) is 0 Å². The van der Waals surface area contributed by atoms with E-state index in [0.717, 1.165) is 56.6 Å². The number of anilines is 2.